The van der Waals surface area contributed by atoms with Crippen molar-refractivity contribution in [3.8, 4) is 0 Å². The molecule has 1 N–H and O–H groups in total. The Morgan fingerprint density at radius 1 is 1.32 bits per heavy atom. The van der Waals surface area contributed by atoms with Gasteiger partial charge in [0.2, 0.25) is 0 Å². The molecule has 2 aliphatic heterocycles. The van der Waals surface area contributed by atoms with Gasteiger partial charge in [0.15, 0.2) is 17.8 Å². The second-order valence-corrected chi connectivity index (χ2v) is 9.13. The lowest BCUT2D eigenvalue weighted by Crippen LogP contribution is -2.44. The van der Waals surface area contributed by atoms with E-state index in [-0.39, 0.29) is 17.3 Å². The quantitative estimate of drug-likeness (QED) is 0.702. The molecule has 0 bridgehead atoms. The van der Waals surface area contributed by atoms with Gasteiger partial charge in [-0.05, 0) is 38.8 Å². The van der Waals surface area contributed by atoms with Crippen molar-refractivity contribution >= 4 is 33.6 Å². The molecule has 0 saturated carbocycles. The third-order valence-electron chi connectivity index (χ3n) is 5.21. The lowest BCUT2D eigenvalue weighted by Gasteiger charge is -2.33. The summed E-state index contributed by atoms with van der Waals surface area (Å²) in [6.07, 6.45) is 0.220. The average molecular weight is 446 g/mol. The van der Waals surface area contributed by atoms with Crippen molar-refractivity contribution in [3.05, 3.63) is 41.7 Å². The topological polar surface area (TPSA) is 131 Å². The summed E-state index contributed by atoms with van der Waals surface area (Å²) in [5, 5.41) is 6.20. The number of benzene rings is 1. The number of ether oxygens (including phenoxy) is 1. The number of sulfonamides is 1. The van der Waals surface area contributed by atoms with Crippen LogP contribution in [-0.2, 0) is 24.3 Å². The molecule has 2 aliphatic rings. The van der Waals surface area contributed by atoms with E-state index in [0.29, 0.717) is 36.5 Å². The number of carbonyl (C=O) groups excluding carboxylic acids is 2. The Morgan fingerprint density at radius 3 is 2.84 bits per heavy atom. The second-order valence-electron chi connectivity index (χ2n) is 7.56. The van der Waals surface area contributed by atoms with E-state index in [9.17, 15) is 18.0 Å². The van der Waals surface area contributed by atoms with Crippen LogP contribution in [0.1, 0.15) is 31.1 Å². The smallest absolute Gasteiger partial charge is 0.311 e. The summed E-state index contributed by atoms with van der Waals surface area (Å²) < 4.78 is 38.8. The average Bonchev–Trinajstić information content (AvgIpc) is 3.28. The van der Waals surface area contributed by atoms with Gasteiger partial charge in [0.25, 0.3) is 15.9 Å². The molecule has 164 valence electrons. The van der Waals surface area contributed by atoms with Crippen LogP contribution in [-0.4, -0.2) is 55.4 Å². The van der Waals surface area contributed by atoms with E-state index in [1.807, 2.05) is 0 Å². The van der Waals surface area contributed by atoms with Crippen LogP contribution >= 0.6 is 0 Å². The highest BCUT2D eigenvalue weighted by Gasteiger charge is 2.36. The standard InChI is InChI=1S/C20H22N4O6S/c1-12-10-17(22-30-12)21-19(25)13(2)29-20(26)14-6-5-9-24(11-14)18-15-7-3-4-8-16(15)31(27,28)23-18/h3-4,7-8,10,13-14H,5-6,9,11H2,1-2H3,(H,21,22,25). The van der Waals surface area contributed by atoms with Gasteiger partial charge in [-0.15, -0.1) is 4.40 Å². The molecule has 1 saturated heterocycles. The first-order chi connectivity index (χ1) is 14.7. The first-order valence-corrected chi connectivity index (χ1v) is 11.3. The van der Waals surface area contributed by atoms with Crippen molar-refractivity contribution in [2.45, 2.75) is 37.7 Å². The fourth-order valence-corrected chi connectivity index (χ4v) is 4.88. The fraction of sp³-hybridized carbons (Fsp3) is 0.400. The molecule has 2 unspecified atom stereocenters. The molecule has 3 heterocycles. The van der Waals surface area contributed by atoms with Crippen molar-refractivity contribution in [1.29, 1.82) is 0 Å². The Morgan fingerprint density at radius 2 is 2.10 bits per heavy atom. The number of aryl methyl sites for hydroxylation is 1. The number of piperidine rings is 1. The van der Waals surface area contributed by atoms with E-state index in [1.54, 1.807) is 36.1 Å². The van der Waals surface area contributed by atoms with Crippen LogP contribution in [0.15, 0.2) is 44.1 Å². The highest BCUT2D eigenvalue weighted by atomic mass is 32.2. The molecule has 10 nitrogen and oxygen atoms in total. The lowest BCUT2D eigenvalue weighted by atomic mass is 9.97. The molecule has 1 aromatic carbocycles. The monoisotopic (exact) mass is 446 g/mol. The number of rotatable bonds is 4. The summed E-state index contributed by atoms with van der Waals surface area (Å²) >= 11 is 0. The largest absolute Gasteiger partial charge is 0.452 e. The number of carbonyl (C=O) groups is 2. The molecule has 2 aromatic rings. The minimum absolute atomic E-state index is 0.170. The number of anilines is 1. The van der Waals surface area contributed by atoms with Gasteiger partial charge >= 0.3 is 5.97 Å². The zero-order chi connectivity index (χ0) is 22.2. The molecule has 31 heavy (non-hydrogen) atoms. The molecular formula is C20H22N4O6S. The summed E-state index contributed by atoms with van der Waals surface area (Å²) in [4.78, 5) is 26.9. The van der Waals surface area contributed by atoms with Gasteiger partial charge in [0.1, 0.15) is 10.7 Å². The normalized spacial score (nSPS) is 20.5. The molecule has 2 atom stereocenters. The fourth-order valence-electron chi connectivity index (χ4n) is 3.66. The second kappa shape index (κ2) is 8.14. The molecule has 1 fully saturated rings. The van der Waals surface area contributed by atoms with Crippen LogP contribution in [0.25, 0.3) is 0 Å². The Bertz CT molecular complexity index is 1160. The van der Waals surface area contributed by atoms with E-state index in [0.717, 1.165) is 0 Å². The van der Waals surface area contributed by atoms with E-state index < -0.39 is 33.9 Å². The first-order valence-electron chi connectivity index (χ1n) is 9.88. The zero-order valence-corrected chi connectivity index (χ0v) is 17.9. The molecule has 4 rings (SSSR count). The third-order valence-corrected chi connectivity index (χ3v) is 6.53. The third kappa shape index (κ3) is 4.31. The molecule has 11 heteroatoms. The Labute approximate surface area is 179 Å². The number of esters is 1. The summed E-state index contributed by atoms with van der Waals surface area (Å²) in [5.41, 5.74) is 0.534. The Kier molecular flexibility index (Phi) is 5.52. The minimum atomic E-state index is -3.74. The van der Waals surface area contributed by atoms with E-state index in [1.165, 1.54) is 13.0 Å². The van der Waals surface area contributed by atoms with Crippen molar-refractivity contribution in [3.63, 3.8) is 0 Å². The van der Waals surface area contributed by atoms with E-state index in [4.69, 9.17) is 9.26 Å². The van der Waals surface area contributed by atoms with Gasteiger partial charge in [-0.2, -0.15) is 8.42 Å². The minimum Gasteiger partial charge on any atom is -0.452 e. The highest BCUT2D eigenvalue weighted by molar-refractivity contribution is 7.90. The molecule has 0 spiro atoms. The van der Waals surface area contributed by atoms with Crippen LogP contribution in [0.2, 0.25) is 0 Å². The molecule has 1 amide bonds. The highest BCUT2D eigenvalue weighted by Crippen LogP contribution is 2.30. The maximum Gasteiger partial charge on any atom is 0.311 e. The maximum atomic E-state index is 12.7. The summed E-state index contributed by atoms with van der Waals surface area (Å²) in [6, 6.07) is 8.19. The van der Waals surface area contributed by atoms with Gasteiger partial charge < -0.3 is 19.5 Å². The number of hydrogen-bond acceptors (Lipinski definition) is 8. The number of nitrogens with zero attached hydrogens (tertiary/aromatic N) is 3. The predicted octanol–water partition coefficient (Wildman–Crippen LogP) is 1.71. The SMILES string of the molecule is Cc1cc(NC(=O)C(C)OC(=O)C2CCCN(C3=NS(=O)(=O)c4ccccc43)C2)no1. The Balaban J connectivity index is 1.41. The zero-order valence-electron chi connectivity index (χ0n) is 17.1. The number of aromatic nitrogens is 1. The van der Waals surface area contributed by atoms with Gasteiger partial charge in [-0.25, -0.2) is 0 Å². The van der Waals surface area contributed by atoms with Gasteiger partial charge in [0, 0.05) is 24.7 Å². The van der Waals surface area contributed by atoms with Crippen molar-refractivity contribution in [2.24, 2.45) is 10.3 Å². The van der Waals surface area contributed by atoms with Gasteiger partial charge in [0.05, 0.1) is 5.92 Å². The molecule has 0 aliphatic carbocycles. The van der Waals surface area contributed by atoms with Gasteiger partial charge in [-0.1, -0.05) is 17.3 Å². The number of hydrogen-bond donors (Lipinski definition) is 1. The first kappa shape index (κ1) is 21.0. The lowest BCUT2D eigenvalue weighted by molar-refractivity contribution is -0.158. The van der Waals surface area contributed by atoms with Crippen LogP contribution in [0.4, 0.5) is 5.82 Å². The maximum absolute atomic E-state index is 12.7. The number of nitrogens with one attached hydrogen (secondary N) is 1. The number of likely N-dealkylation sites (tertiary alicyclic amines) is 1. The van der Waals surface area contributed by atoms with E-state index >= 15 is 0 Å². The molecular weight excluding hydrogens is 424 g/mol. The summed E-state index contributed by atoms with van der Waals surface area (Å²) in [6.45, 7) is 4.01. The summed E-state index contributed by atoms with van der Waals surface area (Å²) in [5.74, 6) is -0.404. The Hall–Kier alpha value is -3.21. The summed E-state index contributed by atoms with van der Waals surface area (Å²) in [7, 11) is -3.74. The van der Waals surface area contributed by atoms with Crippen molar-refractivity contribution in [2.75, 3.05) is 18.4 Å². The predicted molar refractivity (Wildman–Crippen MR) is 110 cm³/mol. The van der Waals surface area contributed by atoms with Crippen LogP contribution < -0.4 is 5.32 Å². The van der Waals surface area contributed by atoms with Gasteiger partial charge in [-0.3, -0.25) is 9.59 Å². The van der Waals surface area contributed by atoms with Crippen LogP contribution in [0.3, 0.4) is 0 Å². The number of amides is 1. The number of fused-ring (bicyclic) bond motifs is 1. The van der Waals surface area contributed by atoms with Crippen LogP contribution in [0, 0.1) is 12.8 Å². The molecule has 0 radical (unpaired) electrons. The van der Waals surface area contributed by atoms with Crippen molar-refractivity contribution < 1.29 is 27.3 Å². The van der Waals surface area contributed by atoms with Crippen molar-refractivity contribution in [1.82, 2.24) is 10.1 Å². The van der Waals surface area contributed by atoms with Crippen LogP contribution in [0.5, 0.6) is 0 Å². The number of amidine groups is 1. The van der Waals surface area contributed by atoms with E-state index in [2.05, 4.69) is 14.9 Å². The molecule has 1 aromatic heterocycles.